The smallest absolute Gasteiger partial charge is 0.308 e. The maximum atomic E-state index is 13.9. The van der Waals surface area contributed by atoms with Gasteiger partial charge in [-0.05, 0) is 49.7 Å². The van der Waals surface area contributed by atoms with E-state index in [1.165, 1.54) is 6.07 Å². The van der Waals surface area contributed by atoms with E-state index in [0.29, 0.717) is 38.8 Å². The lowest BCUT2D eigenvalue weighted by atomic mass is 9.61. The van der Waals surface area contributed by atoms with Gasteiger partial charge in [0.1, 0.15) is 17.0 Å². The Balaban J connectivity index is 1.48. The third-order valence-electron chi connectivity index (χ3n) is 6.98. The van der Waals surface area contributed by atoms with Crippen LogP contribution in [0.3, 0.4) is 0 Å². The molecule has 0 radical (unpaired) electrons. The van der Waals surface area contributed by atoms with Crippen molar-refractivity contribution < 1.29 is 14.3 Å². The van der Waals surface area contributed by atoms with E-state index < -0.39 is 17.7 Å². The molecular weight excluding hydrogens is 435 g/mol. The minimum atomic E-state index is -0.770. The second-order valence-corrected chi connectivity index (χ2v) is 9.17. The molecule has 3 fully saturated rings. The van der Waals surface area contributed by atoms with Crippen LogP contribution in [0.5, 0.6) is 0 Å². The molecule has 0 unspecified atom stereocenters. The van der Waals surface area contributed by atoms with Crippen molar-refractivity contribution in [3.05, 3.63) is 41.6 Å². The van der Waals surface area contributed by atoms with Gasteiger partial charge < -0.3 is 15.4 Å². The van der Waals surface area contributed by atoms with Gasteiger partial charge in [-0.25, -0.2) is 18.9 Å². The van der Waals surface area contributed by atoms with Gasteiger partial charge in [0.05, 0.1) is 17.1 Å². The number of rotatable bonds is 4. The van der Waals surface area contributed by atoms with E-state index >= 15 is 0 Å². The number of nitrogens with zero attached hydrogens (tertiary/aromatic N) is 4. The van der Waals surface area contributed by atoms with Gasteiger partial charge in [0, 0.05) is 29.4 Å². The molecule has 164 valence electrons. The minimum Gasteiger partial charge on any atom is -0.481 e. The number of aromatic amines is 1. The molecule has 0 aliphatic heterocycles. The van der Waals surface area contributed by atoms with Crippen LogP contribution < -0.4 is 5.32 Å². The summed E-state index contributed by atoms with van der Waals surface area (Å²) in [5.41, 5.74) is 1.79. The van der Waals surface area contributed by atoms with Gasteiger partial charge in [-0.15, -0.1) is 5.10 Å². The summed E-state index contributed by atoms with van der Waals surface area (Å²) in [6.45, 7) is 0. The molecule has 32 heavy (non-hydrogen) atoms. The fraction of sp³-hybridized carbons (Fsp3) is 0.364. The minimum absolute atomic E-state index is 0.172. The zero-order chi connectivity index (χ0) is 22.0. The van der Waals surface area contributed by atoms with Crippen molar-refractivity contribution in [1.29, 1.82) is 0 Å². The number of H-pyrrole nitrogens is 1. The SMILES string of the molecule is O=C(O)[C@H]1C2CCC(CC2)[C@@H]1Nc1nc(-c2c[nH]c3ncc(F)cc23)nn2cc(Cl)cc12. The zero-order valence-corrected chi connectivity index (χ0v) is 17.7. The number of aliphatic carboxylic acids is 1. The number of nitrogens with one attached hydrogen (secondary N) is 2. The van der Waals surface area contributed by atoms with Crippen molar-refractivity contribution in [2.75, 3.05) is 5.32 Å². The molecule has 4 aromatic heterocycles. The van der Waals surface area contributed by atoms with Crippen LogP contribution in [0.4, 0.5) is 10.2 Å². The van der Waals surface area contributed by atoms with E-state index in [0.717, 1.165) is 31.9 Å². The number of hydrogen-bond donors (Lipinski definition) is 3. The maximum Gasteiger partial charge on any atom is 0.308 e. The molecule has 7 rings (SSSR count). The molecular formula is C22H20ClFN6O2. The molecule has 4 heterocycles. The summed E-state index contributed by atoms with van der Waals surface area (Å²) in [4.78, 5) is 23.9. The highest BCUT2D eigenvalue weighted by Crippen LogP contribution is 2.46. The average molecular weight is 455 g/mol. The number of aromatic nitrogens is 5. The molecule has 3 saturated carbocycles. The highest BCUT2D eigenvalue weighted by molar-refractivity contribution is 6.31. The Morgan fingerprint density at radius 1 is 1.25 bits per heavy atom. The number of carbonyl (C=O) groups is 1. The Morgan fingerprint density at radius 3 is 2.81 bits per heavy atom. The molecule has 3 N–H and O–H groups in total. The number of halogens is 2. The van der Waals surface area contributed by atoms with Gasteiger partial charge in [0.15, 0.2) is 11.6 Å². The van der Waals surface area contributed by atoms with Crippen molar-refractivity contribution in [2.24, 2.45) is 17.8 Å². The van der Waals surface area contributed by atoms with Crippen LogP contribution >= 0.6 is 11.6 Å². The molecule has 3 aliphatic carbocycles. The molecule has 0 spiro atoms. The largest absolute Gasteiger partial charge is 0.481 e. The monoisotopic (exact) mass is 454 g/mol. The first-order valence-corrected chi connectivity index (χ1v) is 11.0. The Labute approximate surface area is 186 Å². The Bertz CT molecular complexity index is 1360. The summed E-state index contributed by atoms with van der Waals surface area (Å²) in [6.07, 6.45) is 8.43. The van der Waals surface area contributed by atoms with E-state index in [1.54, 1.807) is 23.0 Å². The summed E-state index contributed by atoms with van der Waals surface area (Å²) in [5.74, 6) is -0.360. The van der Waals surface area contributed by atoms with Crippen LogP contribution in [0.2, 0.25) is 5.02 Å². The first-order chi connectivity index (χ1) is 15.5. The first kappa shape index (κ1) is 19.5. The van der Waals surface area contributed by atoms with E-state index in [1.807, 2.05) is 0 Å². The summed E-state index contributed by atoms with van der Waals surface area (Å²) in [6, 6.07) is 2.92. The molecule has 8 nitrogen and oxygen atoms in total. The standard InChI is InChI=1S/C22H20ClFN6O2/c23-12-5-16-21(27-18-11-3-1-10(2-4-11)17(18)22(31)32)28-20(29-30(16)9-12)15-8-26-19-14(15)6-13(24)7-25-19/h5-11,17-18H,1-4H2,(H,25,26)(H,31,32)(H,27,28,29)/t10?,11?,17-,18-/m0/s1. The molecule has 0 saturated heterocycles. The van der Waals surface area contributed by atoms with Crippen molar-refractivity contribution in [1.82, 2.24) is 24.6 Å². The summed E-state index contributed by atoms with van der Waals surface area (Å²) in [7, 11) is 0. The highest BCUT2D eigenvalue weighted by atomic mass is 35.5. The number of carboxylic acids is 1. The van der Waals surface area contributed by atoms with E-state index in [2.05, 4.69) is 20.4 Å². The van der Waals surface area contributed by atoms with Crippen molar-refractivity contribution >= 4 is 39.9 Å². The summed E-state index contributed by atoms with van der Waals surface area (Å²) >= 11 is 6.26. The van der Waals surface area contributed by atoms with Crippen molar-refractivity contribution in [3.8, 4) is 11.4 Å². The molecule has 4 aromatic rings. The van der Waals surface area contributed by atoms with Crippen molar-refractivity contribution in [3.63, 3.8) is 0 Å². The third-order valence-corrected chi connectivity index (χ3v) is 7.18. The molecule has 2 atom stereocenters. The first-order valence-electron chi connectivity index (χ1n) is 10.7. The van der Waals surface area contributed by atoms with Gasteiger partial charge in [0.2, 0.25) is 0 Å². The number of anilines is 1. The quantitative estimate of drug-likeness (QED) is 0.422. The Morgan fingerprint density at radius 2 is 2.03 bits per heavy atom. The van der Waals surface area contributed by atoms with Crippen molar-refractivity contribution in [2.45, 2.75) is 31.7 Å². The number of pyridine rings is 1. The Kier molecular flexibility index (Phi) is 4.36. The van der Waals surface area contributed by atoms with Gasteiger partial charge >= 0.3 is 5.97 Å². The van der Waals surface area contributed by atoms with E-state index in [-0.39, 0.29) is 17.9 Å². The third kappa shape index (κ3) is 3.02. The van der Waals surface area contributed by atoms with Gasteiger partial charge in [-0.2, -0.15) is 0 Å². The Hall–Kier alpha value is -3.20. The molecule has 3 aliphatic rings. The predicted octanol–water partition coefficient (Wildman–Crippen LogP) is 4.37. The number of hydrogen-bond acceptors (Lipinski definition) is 5. The molecule has 0 aromatic carbocycles. The lowest BCUT2D eigenvalue weighted by molar-refractivity contribution is -0.148. The second-order valence-electron chi connectivity index (χ2n) is 8.73. The van der Waals surface area contributed by atoms with Crippen LogP contribution in [0.15, 0.2) is 30.7 Å². The highest BCUT2D eigenvalue weighted by Gasteiger charge is 2.47. The molecule has 2 bridgehead atoms. The lowest BCUT2D eigenvalue weighted by Crippen LogP contribution is -2.51. The average Bonchev–Trinajstić information content (AvgIpc) is 3.36. The predicted molar refractivity (Wildman–Crippen MR) is 117 cm³/mol. The maximum absolute atomic E-state index is 13.9. The van der Waals surface area contributed by atoms with Crippen LogP contribution in [0.25, 0.3) is 27.9 Å². The van der Waals surface area contributed by atoms with Crippen LogP contribution in [-0.4, -0.2) is 41.7 Å². The molecule has 0 amide bonds. The fourth-order valence-electron chi connectivity index (χ4n) is 5.52. The fourth-order valence-corrected chi connectivity index (χ4v) is 5.72. The second kappa shape index (κ2) is 7.16. The van der Waals surface area contributed by atoms with Crippen LogP contribution in [0.1, 0.15) is 25.7 Å². The molecule has 10 heteroatoms. The van der Waals surface area contributed by atoms with Gasteiger partial charge in [-0.1, -0.05) is 11.6 Å². The lowest BCUT2D eigenvalue weighted by Gasteiger charge is -2.47. The van der Waals surface area contributed by atoms with Gasteiger partial charge in [0.25, 0.3) is 0 Å². The number of fused-ring (bicyclic) bond motifs is 5. The topological polar surface area (TPSA) is 108 Å². The number of carboxylic acid groups (broad SMARTS) is 1. The zero-order valence-electron chi connectivity index (χ0n) is 16.9. The van der Waals surface area contributed by atoms with Gasteiger partial charge in [-0.3, -0.25) is 4.79 Å². The van der Waals surface area contributed by atoms with E-state index in [4.69, 9.17) is 16.6 Å². The summed E-state index contributed by atoms with van der Waals surface area (Å²) in [5, 5.41) is 19.0. The van der Waals surface area contributed by atoms with Crippen LogP contribution in [0, 0.1) is 23.6 Å². The summed E-state index contributed by atoms with van der Waals surface area (Å²) < 4.78 is 15.5. The normalized spacial score (nSPS) is 24.9. The van der Waals surface area contributed by atoms with Crippen LogP contribution in [-0.2, 0) is 4.79 Å². The van der Waals surface area contributed by atoms with E-state index in [9.17, 15) is 14.3 Å².